The van der Waals surface area contributed by atoms with Gasteiger partial charge in [-0.3, -0.25) is 13.9 Å². The highest BCUT2D eigenvalue weighted by molar-refractivity contribution is 7.52. The molecule has 3 aromatic rings. The van der Waals surface area contributed by atoms with Crippen LogP contribution >= 0.6 is 7.75 Å². The monoisotopic (exact) mass is 653 g/mol. The number of nitrogens with one attached hydrogen (secondary N) is 2. The van der Waals surface area contributed by atoms with Crippen LogP contribution in [0.2, 0.25) is 0 Å². The topological polar surface area (TPSA) is 185 Å². The molecule has 246 valence electrons. The van der Waals surface area contributed by atoms with E-state index in [1.54, 1.807) is 32.0 Å². The number of carbonyl (C=O) groups is 1. The molecule has 17 heteroatoms. The normalized spacial score (nSPS) is 27.5. The summed E-state index contributed by atoms with van der Waals surface area (Å²) < 4.78 is 69.1. The van der Waals surface area contributed by atoms with Crippen molar-refractivity contribution < 1.29 is 41.8 Å². The lowest BCUT2D eigenvalue weighted by Gasteiger charge is -2.28. The Labute approximate surface area is 258 Å². The number of hydrogen-bond acceptors (Lipinski definition) is 12. The minimum atomic E-state index is -4.57. The molecule has 2 aromatic heterocycles. The number of rotatable bonds is 12. The first-order valence-corrected chi connectivity index (χ1v) is 16.2. The third-order valence-corrected chi connectivity index (χ3v) is 9.20. The molecular formula is C28H38F2N7O7P. The maximum Gasteiger partial charge on any atom is 0.459 e. The molecule has 1 aromatic carbocycles. The number of aromatic nitrogens is 4. The van der Waals surface area contributed by atoms with Crippen LogP contribution in [0.5, 0.6) is 5.75 Å². The minimum absolute atomic E-state index is 0.0477. The predicted octanol–water partition coefficient (Wildman–Crippen LogP) is 4.18. The highest BCUT2D eigenvalue weighted by Gasteiger charge is 2.65. The molecule has 0 bridgehead atoms. The molecule has 6 atom stereocenters. The number of aliphatic hydroxyl groups excluding tert-OH is 1. The highest BCUT2D eigenvalue weighted by atomic mass is 31.2. The zero-order chi connectivity index (χ0) is 32.6. The van der Waals surface area contributed by atoms with Gasteiger partial charge >= 0.3 is 13.7 Å². The third-order valence-electron chi connectivity index (χ3n) is 7.58. The summed E-state index contributed by atoms with van der Waals surface area (Å²) in [7, 11) is -4.57. The molecule has 0 amide bonds. The number of carbonyl (C=O) groups excluding carboxylic acids is 1. The molecule has 5 rings (SSSR count). The van der Waals surface area contributed by atoms with Gasteiger partial charge in [0, 0.05) is 6.04 Å². The molecule has 14 nitrogen and oxygen atoms in total. The molecule has 1 saturated carbocycles. The number of ether oxygens (including phenoxy) is 2. The fourth-order valence-electron chi connectivity index (χ4n) is 5.34. The average molecular weight is 654 g/mol. The van der Waals surface area contributed by atoms with Crippen LogP contribution in [0.3, 0.4) is 0 Å². The summed E-state index contributed by atoms with van der Waals surface area (Å²) >= 11 is 0. The summed E-state index contributed by atoms with van der Waals surface area (Å²) in [6, 6.07) is 6.72. The second-order valence-corrected chi connectivity index (χ2v) is 13.4. The van der Waals surface area contributed by atoms with E-state index in [-0.39, 0.29) is 28.9 Å². The second kappa shape index (κ2) is 12.8. The van der Waals surface area contributed by atoms with Crippen LogP contribution in [-0.2, 0) is 23.4 Å². The van der Waals surface area contributed by atoms with E-state index in [4.69, 9.17) is 24.3 Å². The first kappa shape index (κ1) is 32.9. The number of nitrogens with zero attached hydrogens (tertiary/aromatic N) is 4. The summed E-state index contributed by atoms with van der Waals surface area (Å²) in [5.41, 5.74) is 3.49. The number of imidazole rings is 1. The molecule has 1 aliphatic heterocycles. The number of esters is 1. The van der Waals surface area contributed by atoms with Gasteiger partial charge in [0.15, 0.2) is 35.0 Å². The maximum absolute atomic E-state index is 16.4. The number of hydrogen-bond donors (Lipinski definition) is 4. The van der Waals surface area contributed by atoms with Gasteiger partial charge < -0.3 is 30.2 Å². The van der Waals surface area contributed by atoms with E-state index in [1.807, 2.05) is 0 Å². The quantitative estimate of drug-likeness (QED) is 0.161. The van der Waals surface area contributed by atoms with Crippen LogP contribution in [0.25, 0.3) is 11.2 Å². The molecule has 2 aliphatic rings. The summed E-state index contributed by atoms with van der Waals surface area (Å²) in [5, 5.41) is 16.6. The number of aliphatic hydroxyl groups is 1. The van der Waals surface area contributed by atoms with Crippen molar-refractivity contribution in [1.82, 2.24) is 24.6 Å². The van der Waals surface area contributed by atoms with Gasteiger partial charge in [0.2, 0.25) is 5.95 Å². The first-order valence-electron chi connectivity index (χ1n) is 14.7. The van der Waals surface area contributed by atoms with E-state index in [1.165, 1.54) is 25.4 Å². The highest BCUT2D eigenvalue weighted by Crippen LogP contribution is 2.52. The van der Waals surface area contributed by atoms with Crippen LogP contribution in [0, 0.1) is 0 Å². The van der Waals surface area contributed by atoms with Crippen molar-refractivity contribution in [2.24, 2.45) is 0 Å². The number of nitrogens with two attached hydrogens (primary N) is 1. The lowest BCUT2D eigenvalue weighted by molar-refractivity contribution is -0.202. The van der Waals surface area contributed by atoms with Gasteiger partial charge in [-0.15, -0.1) is 0 Å². The molecule has 0 radical (unpaired) electrons. The van der Waals surface area contributed by atoms with Crippen molar-refractivity contribution in [3.8, 4) is 5.75 Å². The predicted molar refractivity (Wildman–Crippen MR) is 160 cm³/mol. The third kappa shape index (κ3) is 7.04. The Hall–Kier alpha value is -3.43. The lowest BCUT2D eigenvalue weighted by atomic mass is 9.97. The standard InChI is InChI=1S/C28H38F2N7O7P/c1-16(2)42-23(38)17(3)36-45(40,44-19-12-6-5-7-13-19)41-14-28(30)24(39)27(4,29)25(43-28)37-15-32-20-21(33-18-10-8-9-11-18)34-26(31)35-22(20)37/h5-7,12-13,15-18,24-25,39H,8-11,14H2,1-4H3,(H,36,40)(H3,31,33,34,35)/t17-,24-,25+,27+,28+,45+/m0/s1. The largest absolute Gasteiger partial charge is 0.462 e. The van der Waals surface area contributed by atoms with Gasteiger partial charge in [-0.2, -0.15) is 15.1 Å². The van der Waals surface area contributed by atoms with Crippen molar-refractivity contribution in [1.29, 1.82) is 0 Å². The fourth-order valence-corrected chi connectivity index (χ4v) is 6.84. The van der Waals surface area contributed by atoms with E-state index in [2.05, 4.69) is 25.4 Å². The van der Waals surface area contributed by atoms with Gasteiger partial charge in [-0.25, -0.2) is 18.3 Å². The maximum atomic E-state index is 16.4. The van der Waals surface area contributed by atoms with Crippen LogP contribution in [0.15, 0.2) is 36.7 Å². The minimum Gasteiger partial charge on any atom is -0.462 e. The number of alkyl halides is 2. The molecule has 0 spiro atoms. The summed E-state index contributed by atoms with van der Waals surface area (Å²) in [6.07, 6.45) is 0.463. The molecule has 2 fully saturated rings. The molecule has 45 heavy (non-hydrogen) atoms. The second-order valence-electron chi connectivity index (χ2n) is 11.7. The number of anilines is 2. The molecule has 1 saturated heterocycles. The Morgan fingerprint density at radius 1 is 1.22 bits per heavy atom. The van der Waals surface area contributed by atoms with Crippen molar-refractivity contribution >= 4 is 36.6 Å². The smallest absolute Gasteiger partial charge is 0.459 e. The lowest BCUT2D eigenvalue weighted by Crippen LogP contribution is -2.47. The average Bonchev–Trinajstić information content (AvgIpc) is 3.68. The fraction of sp³-hybridized carbons (Fsp3) is 0.571. The molecule has 0 unspecified atom stereocenters. The molecule has 3 heterocycles. The number of nitrogen functional groups attached to an aromatic ring is 1. The van der Waals surface area contributed by atoms with E-state index in [0.717, 1.165) is 37.2 Å². The summed E-state index contributed by atoms with van der Waals surface area (Å²) in [4.78, 5) is 25.2. The zero-order valence-corrected chi connectivity index (χ0v) is 26.2. The molecular weight excluding hydrogens is 615 g/mol. The van der Waals surface area contributed by atoms with Crippen LogP contribution in [0.1, 0.15) is 59.6 Å². The Morgan fingerprint density at radius 3 is 2.58 bits per heavy atom. The summed E-state index contributed by atoms with van der Waals surface area (Å²) in [6.45, 7) is 4.30. The zero-order valence-electron chi connectivity index (χ0n) is 25.4. The van der Waals surface area contributed by atoms with E-state index in [0.29, 0.717) is 5.82 Å². The van der Waals surface area contributed by atoms with Crippen LogP contribution in [-0.4, -0.2) is 73.0 Å². The van der Waals surface area contributed by atoms with Gasteiger partial charge in [-0.1, -0.05) is 31.0 Å². The van der Waals surface area contributed by atoms with E-state index in [9.17, 15) is 14.5 Å². The van der Waals surface area contributed by atoms with Crippen molar-refractivity contribution in [3.05, 3.63) is 36.7 Å². The molecule has 1 aliphatic carbocycles. The first-order chi connectivity index (χ1) is 21.2. The van der Waals surface area contributed by atoms with Crippen molar-refractivity contribution in [3.63, 3.8) is 0 Å². The number of halogens is 2. The number of para-hydroxylation sites is 1. The Balaban J connectivity index is 1.40. The van der Waals surface area contributed by atoms with Crippen LogP contribution < -0.4 is 20.7 Å². The van der Waals surface area contributed by atoms with Crippen molar-refractivity contribution in [2.75, 3.05) is 17.7 Å². The van der Waals surface area contributed by atoms with E-state index >= 15 is 8.78 Å². The van der Waals surface area contributed by atoms with Crippen molar-refractivity contribution in [2.45, 2.75) is 95.4 Å². The SMILES string of the molecule is CC(C)OC(=O)[C@H](C)N[P@@](=O)(OC[C@@]1(F)O[C@@H](n2cnc3c(NC4CCCC4)nc(N)nc32)[C@](C)(F)[C@@H]1O)Oc1ccccc1. The summed E-state index contributed by atoms with van der Waals surface area (Å²) in [5.74, 6) is -3.74. The van der Waals surface area contributed by atoms with Gasteiger partial charge in [-0.05, 0) is 52.7 Å². The van der Waals surface area contributed by atoms with Crippen LogP contribution in [0.4, 0.5) is 20.5 Å². The van der Waals surface area contributed by atoms with Gasteiger partial charge in [0.05, 0.1) is 12.4 Å². The Kier molecular flexibility index (Phi) is 9.34. The van der Waals surface area contributed by atoms with Gasteiger partial charge in [0.25, 0.3) is 5.85 Å². The van der Waals surface area contributed by atoms with Gasteiger partial charge in [0.1, 0.15) is 18.4 Å². The number of benzene rings is 1. The molecule has 5 N–H and O–H groups in total. The Morgan fingerprint density at radius 2 is 1.91 bits per heavy atom. The number of fused-ring (bicyclic) bond motifs is 1. The van der Waals surface area contributed by atoms with E-state index < -0.39 is 56.3 Å². The Bertz CT molecular complexity index is 1560.